The number of Topliss-reactive ketones (excluding diaryl/α,β-unsaturated/α-hetero) is 1. The fourth-order valence-electron chi connectivity index (χ4n) is 2.88. The van der Waals surface area contributed by atoms with E-state index in [9.17, 15) is 43.9 Å². The highest BCUT2D eigenvalue weighted by atomic mass is 35.6. The lowest BCUT2D eigenvalue weighted by Crippen LogP contribution is -2.41. The monoisotopic (exact) mass is 610 g/mol. The van der Waals surface area contributed by atoms with Gasteiger partial charge in [0.2, 0.25) is 9.58 Å². The van der Waals surface area contributed by atoms with E-state index >= 15 is 0 Å². The molecular weight excluding hydrogens is 597 g/mol. The molecule has 0 saturated heterocycles. The van der Waals surface area contributed by atoms with Gasteiger partial charge in [-0.1, -0.05) is 81.5 Å². The fraction of sp³-hybridized carbons (Fsp3) is 0.136. The molecule has 0 bridgehead atoms. The Hall–Kier alpha value is -2.15. The Morgan fingerprint density at radius 3 is 1.62 bits per heavy atom. The molecular formula is C22H14BCl3F8O2S. The fourth-order valence-corrected chi connectivity index (χ4v) is 4.82. The Balaban J connectivity index is 0.000000281. The van der Waals surface area contributed by atoms with Crippen LogP contribution in [0.2, 0.25) is 0 Å². The van der Waals surface area contributed by atoms with E-state index in [0.29, 0.717) is 16.0 Å². The highest BCUT2D eigenvalue weighted by Gasteiger charge is 2.38. The average Bonchev–Trinajstić information content (AvgIpc) is 2.81. The summed E-state index contributed by atoms with van der Waals surface area (Å²) in [4.78, 5) is 13.0. The van der Waals surface area contributed by atoms with Crippen molar-refractivity contribution in [2.45, 2.75) is 8.69 Å². The number of halogens is 11. The van der Waals surface area contributed by atoms with E-state index in [1.54, 1.807) is 54.8 Å². The van der Waals surface area contributed by atoms with E-state index < -0.39 is 55.3 Å². The van der Waals surface area contributed by atoms with Gasteiger partial charge in [-0.15, -0.1) is 0 Å². The molecule has 2 nitrogen and oxygen atoms in total. The Morgan fingerprint density at radius 1 is 0.784 bits per heavy atom. The maximum atomic E-state index is 12.7. The first-order valence-corrected chi connectivity index (χ1v) is 13.1. The van der Waals surface area contributed by atoms with Gasteiger partial charge in [0.25, 0.3) is 0 Å². The lowest BCUT2D eigenvalue weighted by molar-refractivity contribution is 0.102. The molecule has 15 heteroatoms. The summed E-state index contributed by atoms with van der Waals surface area (Å²) in [5.41, 5.74) is -1.80. The zero-order chi connectivity index (χ0) is 28.3. The Morgan fingerprint density at radius 2 is 1.22 bits per heavy atom. The van der Waals surface area contributed by atoms with E-state index in [2.05, 4.69) is 0 Å². The first-order chi connectivity index (χ1) is 16.9. The number of carbonyl (C=O) groups excluding carboxylic acids is 1. The Labute approximate surface area is 222 Å². The van der Waals surface area contributed by atoms with Gasteiger partial charge in [0, 0.05) is 11.1 Å². The number of hydrogen-bond acceptors (Lipinski definition) is 2. The third-order valence-electron chi connectivity index (χ3n) is 4.75. The van der Waals surface area contributed by atoms with Crippen LogP contribution in [0.3, 0.4) is 0 Å². The highest BCUT2D eigenvalue weighted by molar-refractivity contribution is 8.03. The van der Waals surface area contributed by atoms with Crippen LogP contribution in [0, 0.1) is 29.1 Å². The van der Waals surface area contributed by atoms with Crippen molar-refractivity contribution in [3.05, 3.63) is 94.8 Å². The molecule has 0 aliphatic rings. The molecule has 200 valence electrons. The second-order valence-corrected chi connectivity index (χ2v) is 12.6. The Kier molecular flexibility index (Phi) is 9.84. The lowest BCUT2D eigenvalue weighted by atomic mass is 9.79. The molecule has 0 aromatic heterocycles. The molecule has 3 aromatic rings. The van der Waals surface area contributed by atoms with Gasteiger partial charge >= 0.3 is 6.98 Å². The molecule has 37 heavy (non-hydrogen) atoms. The van der Waals surface area contributed by atoms with Crippen LogP contribution in [-0.4, -0.2) is 24.8 Å². The van der Waals surface area contributed by atoms with E-state index in [1.165, 1.54) is 0 Å². The first kappa shape index (κ1) is 31.1. The smallest absolute Gasteiger partial charge is 0.445 e. The van der Waals surface area contributed by atoms with Gasteiger partial charge in [-0.3, -0.25) is 4.79 Å². The van der Waals surface area contributed by atoms with Crippen LogP contribution >= 0.6 is 34.8 Å². The summed E-state index contributed by atoms with van der Waals surface area (Å²) in [6.45, 7) is -6.30. The summed E-state index contributed by atoms with van der Waals surface area (Å²) in [5.74, 6) is -13.8. The maximum Gasteiger partial charge on any atom is 0.515 e. The van der Waals surface area contributed by atoms with Gasteiger partial charge < -0.3 is 12.9 Å². The molecule has 0 radical (unpaired) electrons. The van der Waals surface area contributed by atoms with Crippen LogP contribution in [-0.2, 0) is 17.9 Å². The number of alkyl halides is 3. The van der Waals surface area contributed by atoms with Crippen LogP contribution in [0.5, 0.6) is 0 Å². The van der Waals surface area contributed by atoms with Gasteiger partial charge in [0.1, 0.15) is 27.8 Å². The van der Waals surface area contributed by atoms with Gasteiger partial charge in [0.05, 0.1) is 0 Å². The summed E-state index contributed by atoms with van der Waals surface area (Å²) in [6.07, 6.45) is 1.59. The quantitative estimate of drug-likeness (QED) is 0.0577. The van der Waals surface area contributed by atoms with Gasteiger partial charge in [-0.25, -0.2) is 22.0 Å². The minimum atomic E-state index is -6.30. The van der Waals surface area contributed by atoms with Crippen molar-refractivity contribution in [3.63, 3.8) is 0 Å². The molecule has 0 aliphatic heterocycles. The molecule has 0 amide bonds. The SMILES string of the molecule is C[S+](=O)(CC(=O)c1ccc(C(Cl)(Cl)Cl)cc1)c1ccccc1.Fc1c(F)c(F)c([B-](F)(F)F)c(F)c1F. The molecule has 0 fully saturated rings. The van der Waals surface area contributed by atoms with Crippen molar-refractivity contribution in [2.75, 3.05) is 12.0 Å². The number of benzene rings is 3. The Bertz CT molecular complexity index is 1300. The van der Waals surface area contributed by atoms with E-state index in [-0.39, 0.29) is 11.5 Å². The highest BCUT2D eigenvalue weighted by Crippen LogP contribution is 2.38. The lowest BCUT2D eigenvalue weighted by Gasteiger charge is -2.17. The maximum absolute atomic E-state index is 12.7. The molecule has 0 heterocycles. The van der Waals surface area contributed by atoms with E-state index in [4.69, 9.17) is 34.8 Å². The number of hydrogen-bond donors (Lipinski definition) is 0. The van der Waals surface area contributed by atoms with Crippen molar-refractivity contribution in [1.82, 2.24) is 0 Å². The predicted octanol–water partition coefficient (Wildman–Crippen LogP) is 7.32. The minimum absolute atomic E-state index is 0.0515. The summed E-state index contributed by atoms with van der Waals surface area (Å²) in [6, 6.07) is 15.3. The zero-order valence-electron chi connectivity index (χ0n) is 18.4. The molecule has 0 N–H and O–H groups in total. The largest absolute Gasteiger partial charge is 0.515 e. The predicted molar refractivity (Wildman–Crippen MR) is 129 cm³/mol. The number of rotatable bonds is 5. The molecule has 0 aliphatic carbocycles. The molecule has 1 unspecified atom stereocenters. The molecule has 0 spiro atoms. The number of carbonyl (C=O) groups is 1. The minimum Gasteiger partial charge on any atom is -0.445 e. The van der Waals surface area contributed by atoms with Crippen molar-refractivity contribution < 1.29 is 43.9 Å². The second kappa shape index (κ2) is 11.7. The van der Waals surface area contributed by atoms with Crippen LogP contribution in [0.4, 0.5) is 34.9 Å². The van der Waals surface area contributed by atoms with Crippen molar-refractivity contribution in [2.24, 2.45) is 0 Å². The van der Waals surface area contributed by atoms with Crippen molar-refractivity contribution in [1.29, 1.82) is 0 Å². The normalized spacial score (nSPS) is 13.4. The van der Waals surface area contributed by atoms with Crippen molar-refractivity contribution >= 4 is 63.0 Å². The molecule has 1 atom stereocenters. The summed E-state index contributed by atoms with van der Waals surface area (Å²) in [5, 5.41) is 0. The van der Waals surface area contributed by atoms with Gasteiger partial charge in [-0.05, 0) is 17.6 Å². The third kappa shape index (κ3) is 7.69. The molecule has 0 saturated carbocycles. The van der Waals surface area contributed by atoms with Crippen molar-refractivity contribution in [3.8, 4) is 0 Å². The third-order valence-corrected chi connectivity index (χ3v) is 7.49. The van der Waals surface area contributed by atoms with Crippen LogP contribution < -0.4 is 5.46 Å². The standard InChI is InChI=1S/C16H14Cl3O2S.C6BF8/c1-22(21,14-5-3-2-4-6-14)11-15(20)12-7-9-13(10-8-12)16(17,18)19;8-2-1(7(13,14)15)3(9)5(11)6(12)4(2)10/h2-10H,11H2,1H3;/q+1;-1. The summed E-state index contributed by atoms with van der Waals surface area (Å²) in [7, 11) is -2.42. The van der Waals surface area contributed by atoms with Crippen LogP contribution in [0.1, 0.15) is 15.9 Å². The van der Waals surface area contributed by atoms with Crippen LogP contribution in [0.25, 0.3) is 0 Å². The van der Waals surface area contributed by atoms with Gasteiger partial charge in [-0.2, -0.15) is 0 Å². The summed E-state index contributed by atoms with van der Waals surface area (Å²) < 4.78 is 109. The molecule has 3 aromatic carbocycles. The van der Waals surface area contributed by atoms with E-state index in [0.717, 1.165) is 0 Å². The average molecular weight is 612 g/mol. The zero-order valence-corrected chi connectivity index (χ0v) is 21.4. The number of ketones is 1. The molecule has 3 rings (SSSR count). The van der Waals surface area contributed by atoms with Gasteiger partial charge in [0.15, 0.2) is 28.1 Å². The first-order valence-electron chi connectivity index (χ1n) is 9.81. The topological polar surface area (TPSA) is 34.1 Å². The summed E-state index contributed by atoms with van der Waals surface area (Å²) >= 11 is 17.3. The second-order valence-electron chi connectivity index (χ2n) is 7.52. The van der Waals surface area contributed by atoms with Crippen LogP contribution in [0.15, 0.2) is 59.5 Å². The van der Waals surface area contributed by atoms with E-state index in [1.807, 2.05) is 6.07 Å².